The summed E-state index contributed by atoms with van der Waals surface area (Å²) in [5.74, 6) is 1.21. The Morgan fingerprint density at radius 2 is 2.20 bits per heavy atom. The third-order valence-corrected chi connectivity index (χ3v) is 4.01. The number of anilines is 1. The van der Waals surface area contributed by atoms with E-state index in [-0.39, 0.29) is 5.91 Å². The molecular formula is C19H22N2O4. The van der Waals surface area contributed by atoms with E-state index in [2.05, 4.69) is 16.4 Å². The van der Waals surface area contributed by atoms with E-state index in [4.69, 9.17) is 14.2 Å². The van der Waals surface area contributed by atoms with Gasteiger partial charge in [-0.3, -0.25) is 4.79 Å². The first-order valence-corrected chi connectivity index (χ1v) is 8.32. The van der Waals surface area contributed by atoms with Crippen molar-refractivity contribution in [1.82, 2.24) is 4.98 Å². The lowest BCUT2D eigenvalue weighted by Gasteiger charge is -2.13. The smallest absolute Gasteiger partial charge is 0.254 e. The Bertz CT molecular complexity index is 748. The van der Waals surface area contributed by atoms with Crippen molar-refractivity contribution in [3.05, 3.63) is 42.0 Å². The number of carbonyl (C=O) groups excluding carboxylic acids is 1. The number of aromatic nitrogens is 1. The van der Waals surface area contributed by atoms with Crippen molar-refractivity contribution in [1.29, 1.82) is 0 Å². The number of hydrogen-bond acceptors (Lipinski definition) is 5. The minimum absolute atomic E-state index is 0.233. The number of ether oxygens (including phenoxy) is 3. The van der Waals surface area contributed by atoms with Crippen molar-refractivity contribution in [2.45, 2.75) is 19.4 Å². The first-order chi connectivity index (χ1) is 12.2. The Hall–Kier alpha value is -2.44. The van der Waals surface area contributed by atoms with Gasteiger partial charge < -0.3 is 19.5 Å². The molecule has 2 aromatic rings. The zero-order valence-electron chi connectivity index (χ0n) is 14.5. The quantitative estimate of drug-likeness (QED) is 0.784. The van der Waals surface area contributed by atoms with Gasteiger partial charge in [0.15, 0.2) is 0 Å². The monoisotopic (exact) mass is 342 g/mol. The van der Waals surface area contributed by atoms with Crippen LogP contribution in [0, 0.1) is 0 Å². The number of carbonyl (C=O) groups is 1. The summed E-state index contributed by atoms with van der Waals surface area (Å²) in [6.07, 6.45) is 0.341. The molecule has 1 atom stereocenters. The molecule has 1 N–H and O–H groups in total. The van der Waals surface area contributed by atoms with Crippen LogP contribution in [0.15, 0.2) is 36.4 Å². The van der Waals surface area contributed by atoms with Crippen LogP contribution < -0.4 is 10.1 Å². The predicted octanol–water partition coefficient (Wildman–Crippen LogP) is 2.67. The molecule has 1 aromatic heterocycles. The van der Waals surface area contributed by atoms with Crippen molar-refractivity contribution in [2.24, 2.45) is 0 Å². The van der Waals surface area contributed by atoms with Crippen molar-refractivity contribution < 1.29 is 19.0 Å². The van der Waals surface area contributed by atoms with Gasteiger partial charge in [0, 0.05) is 19.1 Å². The van der Waals surface area contributed by atoms with Gasteiger partial charge in [0.25, 0.3) is 5.91 Å². The van der Waals surface area contributed by atoms with Gasteiger partial charge in [-0.15, -0.1) is 0 Å². The van der Waals surface area contributed by atoms with Gasteiger partial charge in [0.2, 0.25) is 0 Å². The van der Waals surface area contributed by atoms with Crippen LogP contribution in [-0.2, 0) is 20.7 Å². The van der Waals surface area contributed by atoms with E-state index < -0.39 is 6.10 Å². The number of amides is 1. The predicted molar refractivity (Wildman–Crippen MR) is 94.8 cm³/mol. The normalized spacial score (nSPS) is 13.8. The molecule has 0 bridgehead atoms. The highest BCUT2D eigenvalue weighted by Crippen LogP contribution is 2.30. The molecule has 3 rings (SSSR count). The molecule has 25 heavy (non-hydrogen) atoms. The lowest BCUT2D eigenvalue weighted by molar-refractivity contribution is -0.127. The molecule has 0 saturated heterocycles. The molecule has 132 valence electrons. The van der Waals surface area contributed by atoms with Crippen LogP contribution in [-0.4, -0.2) is 43.9 Å². The zero-order valence-corrected chi connectivity index (χ0v) is 14.5. The van der Waals surface area contributed by atoms with Crippen LogP contribution in [0.1, 0.15) is 12.5 Å². The number of rotatable bonds is 7. The molecule has 1 unspecified atom stereocenters. The maximum atomic E-state index is 12.2. The largest absolute Gasteiger partial charge is 0.493 e. The van der Waals surface area contributed by atoms with Gasteiger partial charge in [-0.1, -0.05) is 6.07 Å². The number of pyridine rings is 1. The molecule has 0 saturated carbocycles. The first-order valence-electron chi connectivity index (χ1n) is 8.32. The van der Waals surface area contributed by atoms with Crippen molar-refractivity contribution in [3.63, 3.8) is 0 Å². The third-order valence-electron chi connectivity index (χ3n) is 4.01. The number of nitrogens with one attached hydrogen (secondary N) is 1. The van der Waals surface area contributed by atoms with Gasteiger partial charge >= 0.3 is 0 Å². The van der Waals surface area contributed by atoms with Crippen LogP contribution in [0.25, 0.3) is 11.3 Å². The number of benzene rings is 1. The topological polar surface area (TPSA) is 69.7 Å². The summed E-state index contributed by atoms with van der Waals surface area (Å²) in [4.78, 5) is 16.7. The van der Waals surface area contributed by atoms with Gasteiger partial charge in [-0.05, 0) is 42.8 Å². The molecule has 1 amide bonds. The Balaban J connectivity index is 1.68. The number of nitrogens with zero attached hydrogens (tertiary/aromatic N) is 1. The highest BCUT2D eigenvalue weighted by atomic mass is 16.5. The summed E-state index contributed by atoms with van der Waals surface area (Å²) in [7, 11) is 1.59. The summed E-state index contributed by atoms with van der Waals surface area (Å²) in [6, 6.07) is 11.6. The first kappa shape index (κ1) is 17.4. The van der Waals surface area contributed by atoms with Crippen LogP contribution in [0.4, 0.5) is 5.82 Å². The summed E-state index contributed by atoms with van der Waals surface area (Å²) in [5, 5.41) is 2.79. The Morgan fingerprint density at radius 1 is 1.32 bits per heavy atom. The Kier molecular flexibility index (Phi) is 5.63. The maximum Gasteiger partial charge on any atom is 0.254 e. The van der Waals surface area contributed by atoms with E-state index in [1.54, 1.807) is 20.1 Å². The van der Waals surface area contributed by atoms with E-state index in [0.29, 0.717) is 19.0 Å². The van der Waals surface area contributed by atoms with Crippen LogP contribution in [0.3, 0.4) is 0 Å². The minimum atomic E-state index is -0.572. The second-order valence-electron chi connectivity index (χ2n) is 5.82. The van der Waals surface area contributed by atoms with E-state index >= 15 is 0 Å². The van der Waals surface area contributed by atoms with Crippen molar-refractivity contribution >= 4 is 11.7 Å². The molecule has 0 fully saturated rings. The van der Waals surface area contributed by atoms with Crippen molar-refractivity contribution in [2.75, 3.05) is 32.2 Å². The van der Waals surface area contributed by atoms with Gasteiger partial charge in [-0.25, -0.2) is 4.98 Å². The summed E-state index contributed by atoms with van der Waals surface area (Å²) in [5.41, 5.74) is 3.00. The molecular weight excluding hydrogens is 320 g/mol. The molecule has 0 aliphatic carbocycles. The van der Waals surface area contributed by atoms with Gasteiger partial charge in [0.05, 0.1) is 25.5 Å². The van der Waals surface area contributed by atoms with Gasteiger partial charge in [-0.2, -0.15) is 0 Å². The number of methoxy groups -OCH3 is 1. The molecule has 2 heterocycles. The summed E-state index contributed by atoms with van der Waals surface area (Å²) in [6.45, 7) is 3.25. The molecule has 1 aromatic carbocycles. The summed E-state index contributed by atoms with van der Waals surface area (Å²) >= 11 is 0. The molecule has 0 spiro atoms. The van der Waals surface area contributed by atoms with E-state index in [1.165, 1.54) is 5.56 Å². The SMILES string of the molecule is COCCOC(C)C(=O)Nc1cccc(-c2ccc3c(c2)CCO3)n1. The van der Waals surface area contributed by atoms with E-state index in [1.807, 2.05) is 24.3 Å². The fraction of sp³-hybridized carbons (Fsp3) is 0.368. The summed E-state index contributed by atoms with van der Waals surface area (Å²) < 4.78 is 15.8. The maximum absolute atomic E-state index is 12.2. The molecule has 6 heteroatoms. The highest BCUT2D eigenvalue weighted by Gasteiger charge is 2.15. The average Bonchev–Trinajstić information content (AvgIpc) is 3.09. The molecule has 1 aliphatic rings. The average molecular weight is 342 g/mol. The number of hydrogen-bond donors (Lipinski definition) is 1. The fourth-order valence-electron chi connectivity index (χ4n) is 2.62. The van der Waals surface area contributed by atoms with Crippen LogP contribution in [0.2, 0.25) is 0 Å². The second kappa shape index (κ2) is 8.09. The molecule has 6 nitrogen and oxygen atoms in total. The molecule has 0 radical (unpaired) electrons. The standard InChI is InChI=1S/C19H22N2O4/c1-13(24-11-10-23-2)19(22)21-18-5-3-4-16(20-18)14-6-7-17-15(12-14)8-9-25-17/h3-7,12-13H,8-11H2,1-2H3,(H,20,21,22). The van der Waals surface area contributed by atoms with E-state index in [0.717, 1.165) is 30.0 Å². The number of fused-ring (bicyclic) bond motifs is 1. The fourth-order valence-corrected chi connectivity index (χ4v) is 2.62. The zero-order chi connectivity index (χ0) is 17.6. The lowest BCUT2D eigenvalue weighted by atomic mass is 10.1. The van der Waals surface area contributed by atoms with Crippen LogP contribution in [0.5, 0.6) is 5.75 Å². The third kappa shape index (κ3) is 4.35. The highest BCUT2D eigenvalue weighted by molar-refractivity contribution is 5.93. The van der Waals surface area contributed by atoms with E-state index in [9.17, 15) is 4.79 Å². The van der Waals surface area contributed by atoms with Crippen LogP contribution >= 0.6 is 0 Å². The second-order valence-corrected chi connectivity index (χ2v) is 5.82. The minimum Gasteiger partial charge on any atom is -0.493 e. The Morgan fingerprint density at radius 3 is 3.04 bits per heavy atom. The Labute approximate surface area is 147 Å². The molecule has 1 aliphatic heterocycles. The van der Waals surface area contributed by atoms with Crippen molar-refractivity contribution in [3.8, 4) is 17.0 Å². The lowest BCUT2D eigenvalue weighted by Crippen LogP contribution is -2.29. The van der Waals surface area contributed by atoms with Gasteiger partial charge in [0.1, 0.15) is 17.7 Å².